The minimum atomic E-state index is -0.0932. The molecule has 0 bridgehead atoms. The normalized spacial score (nSPS) is 11.3. The molecule has 0 saturated heterocycles. The first-order chi connectivity index (χ1) is 7.13. The zero-order valence-corrected chi connectivity index (χ0v) is 8.65. The Morgan fingerprint density at radius 3 is 2.87 bits per heavy atom. The third kappa shape index (κ3) is 3.37. The van der Waals surface area contributed by atoms with Gasteiger partial charge in [-0.3, -0.25) is 4.79 Å². The molecule has 0 aliphatic heterocycles. The van der Waals surface area contributed by atoms with Gasteiger partial charge in [0.25, 0.3) is 0 Å². The molecule has 1 aromatic carbocycles. The Bertz CT molecular complexity index is 409. The van der Waals surface area contributed by atoms with Crippen LogP contribution in [0.25, 0.3) is 0 Å². The molecule has 1 aromatic rings. The van der Waals surface area contributed by atoms with Gasteiger partial charge in [0.15, 0.2) is 0 Å². The van der Waals surface area contributed by atoms with Gasteiger partial charge in [0.1, 0.15) is 0 Å². The first-order valence-corrected chi connectivity index (χ1v) is 4.58. The number of benzene rings is 1. The highest BCUT2D eigenvalue weighted by atomic mass is 16.1. The maximum Gasteiger partial charge on any atom is 0.240 e. The first kappa shape index (κ1) is 11.1. The van der Waals surface area contributed by atoms with Crippen molar-refractivity contribution in [3.8, 4) is 0 Å². The summed E-state index contributed by atoms with van der Waals surface area (Å²) in [6.45, 7) is 3.33. The van der Waals surface area contributed by atoms with E-state index in [4.69, 9.17) is 0 Å². The largest absolute Gasteiger partial charge is 0.350 e. The Morgan fingerprint density at radius 1 is 1.53 bits per heavy atom. The summed E-state index contributed by atoms with van der Waals surface area (Å²) in [4.78, 5) is 24.4. The van der Waals surface area contributed by atoms with Gasteiger partial charge in [-0.15, -0.1) is 0 Å². The second kappa shape index (κ2) is 5.08. The van der Waals surface area contributed by atoms with E-state index in [1.807, 2.05) is 13.0 Å². The Hall–Kier alpha value is -1.93. The number of hydrogen-bond acceptors (Lipinski definition) is 3. The predicted molar refractivity (Wildman–Crippen MR) is 56.5 cm³/mol. The smallest absolute Gasteiger partial charge is 0.240 e. The molecule has 0 heterocycles. The number of aliphatic imine (C=N–C) groups is 1. The van der Waals surface area contributed by atoms with Gasteiger partial charge in [-0.2, -0.15) is 4.99 Å². The standard InChI is InChI=1S/C11H12N2O2/c1-8(13-9(2)15)10-4-3-5-11(6-10)12-7-14/h3-6,8H,1-2H3,(H,13,15). The van der Waals surface area contributed by atoms with Crippen molar-refractivity contribution < 1.29 is 9.59 Å². The second-order valence-corrected chi connectivity index (χ2v) is 3.22. The van der Waals surface area contributed by atoms with Gasteiger partial charge in [-0.1, -0.05) is 12.1 Å². The molecule has 4 heteroatoms. The molecule has 0 radical (unpaired) electrons. The van der Waals surface area contributed by atoms with E-state index in [9.17, 15) is 9.59 Å². The summed E-state index contributed by atoms with van der Waals surface area (Å²) >= 11 is 0. The SMILES string of the molecule is CC(=O)NC(C)c1cccc(N=C=O)c1. The van der Waals surface area contributed by atoms with Gasteiger partial charge in [0, 0.05) is 6.92 Å². The summed E-state index contributed by atoms with van der Waals surface area (Å²) < 4.78 is 0. The fourth-order valence-corrected chi connectivity index (χ4v) is 1.30. The lowest BCUT2D eigenvalue weighted by Crippen LogP contribution is -2.23. The van der Waals surface area contributed by atoms with Crippen LogP contribution in [0.3, 0.4) is 0 Å². The van der Waals surface area contributed by atoms with Crippen molar-refractivity contribution in [3.63, 3.8) is 0 Å². The van der Waals surface area contributed by atoms with Crippen molar-refractivity contribution in [2.45, 2.75) is 19.9 Å². The monoisotopic (exact) mass is 204 g/mol. The molecule has 0 aliphatic rings. The minimum absolute atomic E-state index is 0.0909. The third-order valence-electron chi connectivity index (χ3n) is 1.96. The van der Waals surface area contributed by atoms with Crippen LogP contribution in [-0.2, 0) is 9.59 Å². The number of rotatable bonds is 3. The molecule has 0 saturated carbocycles. The molecule has 1 rings (SSSR count). The number of nitrogens with zero attached hydrogens (tertiary/aromatic N) is 1. The third-order valence-corrected chi connectivity index (χ3v) is 1.96. The Kier molecular flexibility index (Phi) is 3.77. The molecule has 0 fully saturated rings. The maximum absolute atomic E-state index is 10.8. The van der Waals surface area contributed by atoms with Gasteiger partial charge in [-0.25, -0.2) is 4.79 Å². The Balaban J connectivity index is 2.89. The number of carbonyl (C=O) groups excluding carboxylic acids is 2. The van der Waals surface area contributed by atoms with E-state index in [1.165, 1.54) is 13.0 Å². The fourth-order valence-electron chi connectivity index (χ4n) is 1.30. The van der Waals surface area contributed by atoms with E-state index in [1.54, 1.807) is 18.2 Å². The molecule has 78 valence electrons. The maximum atomic E-state index is 10.8. The summed E-state index contributed by atoms with van der Waals surface area (Å²) in [5.74, 6) is -0.0909. The molecule has 15 heavy (non-hydrogen) atoms. The summed E-state index contributed by atoms with van der Waals surface area (Å²) in [6.07, 6.45) is 1.48. The summed E-state index contributed by atoms with van der Waals surface area (Å²) in [7, 11) is 0. The van der Waals surface area contributed by atoms with Crippen LogP contribution in [0.15, 0.2) is 29.3 Å². The minimum Gasteiger partial charge on any atom is -0.350 e. The number of isocyanates is 1. The van der Waals surface area contributed by atoms with Gasteiger partial charge >= 0.3 is 0 Å². The zero-order valence-electron chi connectivity index (χ0n) is 8.65. The lowest BCUT2D eigenvalue weighted by molar-refractivity contribution is -0.119. The van der Waals surface area contributed by atoms with E-state index in [0.717, 1.165) is 5.56 Å². The molecule has 0 aliphatic carbocycles. The van der Waals surface area contributed by atoms with Crippen LogP contribution in [0.4, 0.5) is 5.69 Å². The van der Waals surface area contributed by atoms with Gasteiger partial charge in [-0.05, 0) is 24.6 Å². The predicted octanol–water partition coefficient (Wildman–Crippen LogP) is 1.85. The van der Waals surface area contributed by atoms with Crippen LogP contribution in [0.1, 0.15) is 25.5 Å². The van der Waals surface area contributed by atoms with Crippen molar-refractivity contribution in [3.05, 3.63) is 29.8 Å². The number of nitrogens with one attached hydrogen (secondary N) is 1. The van der Waals surface area contributed by atoms with Crippen LogP contribution < -0.4 is 5.32 Å². The summed E-state index contributed by atoms with van der Waals surface area (Å²) in [5.41, 5.74) is 1.45. The lowest BCUT2D eigenvalue weighted by atomic mass is 10.1. The lowest BCUT2D eigenvalue weighted by Gasteiger charge is -2.12. The highest BCUT2D eigenvalue weighted by Crippen LogP contribution is 2.18. The Morgan fingerprint density at radius 2 is 2.27 bits per heavy atom. The van der Waals surface area contributed by atoms with Gasteiger partial charge in [0.2, 0.25) is 12.0 Å². The van der Waals surface area contributed by atoms with Crippen molar-refractivity contribution in [2.75, 3.05) is 0 Å². The van der Waals surface area contributed by atoms with Crippen LogP contribution in [-0.4, -0.2) is 12.0 Å². The van der Waals surface area contributed by atoms with E-state index in [-0.39, 0.29) is 11.9 Å². The van der Waals surface area contributed by atoms with E-state index in [0.29, 0.717) is 5.69 Å². The molecule has 1 N–H and O–H groups in total. The van der Waals surface area contributed by atoms with Gasteiger partial charge in [0.05, 0.1) is 11.7 Å². The van der Waals surface area contributed by atoms with Crippen molar-refractivity contribution in [1.29, 1.82) is 0 Å². The number of amides is 1. The molecular weight excluding hydrogens is 192 g/mol. The summed E-state index contributed by atoms with van der Waals surface area (Å²) in [5, 5.41) is 2.75. The van der Waals surface area contributed by atoms with Gasteiger partial charge < -0.3 is 5.32 Å². The average molecular weight is 204 g/mol. The average Bonchev–Trinajstić information content (AvgIpc) is 2.17. The molecule has 0 spiro atoms. The molecule has 1 atom stereocenters. The first-order valence-electron chi connectivity index (χ1n) is 4.58. The van der Waals surface area contributed by atoms with Crippen molar-refractivity contribution in [1.82, 2.24) is 5.32 Å². The van der Waals surface area contributed by atoms with Crippen LogP contribution in [0.5, 0.6) is 0 Å². The molecule has 1 unspecified atom stereocenters. The van der Waals surface area contributed by atoms with E-state index >= 15 is 0 Å². The van der Waals surface area contributed by atoms with Crippen LogP contribution in [0.2, 0.25) is 0 Å². The van der Waals surface area contributed by atoms with Crippen molar-refractivity contribution in [2.24, 2.45) is 4.99 Å². The van der Waals surface area contributed by atoms with Crippen LogP contribution >= 0.6 is 0 Å². The molecule has 4 nitrogen and oxygen atoms in total. The highest BCUT2D eigenvalue weighted by Gasteiger charge is 2.06. The fraction of sp³-hybridized carbons (Fsp3) is 0.273. The van der Waals surface area contributed by atoms with Crippen molar-refractivity contribution >= 4 is 17.7 Å². The molecular formula is C11H12N2O2. The van der Waals surface area contributed by atoms with E-state index in [2.05, 4.69) is 10.3 Å². The Labute approximate surface area is 88.0 Å². The van der Waals surface area contributed by atoms with E-state index < -0.39 is 0 Å². The molecule has 0 aromatic heterocycles. The number of carbonyl (C=O) groups is 1. The topological polar surface area (TPSA) is 58.5 Å². The molecule has 1 amide bonds. The second-order valence-electron chi connectivity index (χ2n) is 3.22. The zero-order chi connectivity index (χ0) is 11.3. The highest BCUT2D eigenvalue weighted by molar-refractivity contribution is 5.73. The quantitative estimate of drug-likeness (QED) is 0.603. The number of hydrogen-bond donors (Lipinski definition) is 1. The van der Waals surface area contributed by atoms with Crippen LogP contribution in [0, 0.1) is 0 Å². The summed E-state index contributed by atoms with van der Waals surface area (Å²) in [6, 6.07) is 7.00.